The van der Waals surface area contributed by atoms with Gasteiger partial charge in [0.15, 0.2) is 0 Å². The average Bonchev–Trinajstić information content (AvgIpc) is 2.03. The van der Waals surface area contributed by atoms with Gasteiger partial charge in [0.1, 0.15) is 5.75 Å². The van der Waals surface area contributed by atoms with Gasteiger partial charge < -0.3 is 4.52 Å². The van der Waals surface area contributed by atoms with Gasteiger partial charge in [0.05, 0.1) is 9.47 Å². The molecule has 1 aromatic carbocycles. The second-order valence-corrected chi connectivity index (χ2v) is 3.55. The predicted octanol–water partition coefficient (Wildman–Crippen LogP) is 3.29. The summed E-state index contributed by atoms with van der Waals surface area (Å²) in [6, 6.07) is 6.30. The van der Waals surface area contributed by atoms with Crippen LogP contribution < -0.4 is 4.52 Å². The van der Waals surface area contributed by atoms with Crippen LogP contribution in [0.15, 0.2) is 18.2 Å². The highest BCUT2D eigenvalue weighted by Crippen LogP contribution is 2.28. The van der Waals surface area contributed by atoms with E-state index in [-0.39, 0.29) is 0 Å². The maximum atomic E-state index is 5.20. The molecule has 1 atom stereocenters. The molecule has 0 saturated carbocycles. The number of hydrogen-bond acceptors (Lipinski definition) is 1. The molecule has 1 aromatic rings. The van der Waals surface area contributed by atoms with Crippen LogP contribution in [0.25, 0.3) is 0 Å². The van der Waals surface area contributed by atoms with E-state index in [1.165, 1.54) is 11.1 Å². The topological polar surface area (TPSA) is 9.23 Å². The Labute approximate surface area is 76.4 Å². The predicted molar refractivity (Wildman–Crippen MR) is 55.6 cm³/mol. The Morgan fingerprint density at radius 3 is 2.50 bits per heavy atom. The van der Waals surface area contributed by atoms with E-state index in [0.29, 0.717) is 5.92 Å². The zero-order valence-electron chi connectivity index (χ0n) is 7.79. The SMILES string of the molecule is Cc1ccc(C(C)C)c(OP)c1. The van der Waals surface area contributed by atoms with Crippen LogP contribution in [0.1, 0.15) is 30.9 Å². The molecular formula is C10H15OP. The Bertz CT molecular complexity index is 269. The number of benzene rings is 1. The molecule has 0 aliphatic carbocycles. The summed E-state index contributed by atoms with van der Waals surface area (Å²) in [5, 5.41) is 0. The molecule has 0 bridgehead atoms. The fourth-order valence-corrected chi connectivity index (χ4v) is 1.42. The smallest absolute Gasteiger partial charge is 0.126 e. The quantitative estimate of drug-likeness (QED) is 0.638. The zero-order valence-corrected chi connectivity index (χ0v) is 8.95. The Kier molecular flexibility index (Phi) is 3.11. The van der Waals surface area contributed by atoms with Gasteiger partial charge in [-0.15, -0.1) is 0 Å². The van der Waals surface area contributed by atoms with Crippen molar-refractivity contribution in [1.29, 1.82) is 0 Å². The van der Waals surface area contributed by atoms with Gasteiger partial charge in [-0.05, 0) is 30.0 Å². The lowest BCUT2D eigenvalue weighted by atomic mass is 10.0. The maximum Gasteiger partial charge on any atom is 0.126 e. The second-order valence-electron chi connectivity index (χ2n) is 3.31. The van der Waals surface area contributed by atoms with Gasteiger partial charge in [0, 0.05) is 0 Å². The fraction of sp³-hybridized carbons (Fsp3) is 0.400. The van der Waals surface area contributed by atoms with Crippen molar-refractivity contribution in [1.82, 2.24) is 0 Å². The van der Waals surface area contributed by atoms with Crippen LogP contribution in [0.2, 0.25) is 0 Å². The molecule has 12 heavy (non-hydrogen) atoms. The molecule has 0 fully saturated rings. The van der Waals surface area contributed by atoms with E-state index >= 15 is 0 Å². The van der Waals surface area contributed by atoms with E-state index in [1.807, 2.05) is 0 Å². The van der Waals surface area contributed by atoms with Crippen LogP contribution in [-0.4, -0.2) is 0 Å². The first-order chi connectivity index (χ1) is 5.65. The van der Waals surface area contributed by atoms with Crippen molar-refractivity contribution in [3.63, 3.8) is 0 Å². The van der Waals surface area contributed by atoms with Crippen LogP contribution >= 0.6 is 9.47 Å². The summed E-state index contributed by atoms with van der Waals surface area (Å²) < 4.78 is 5.20. The largest absolute Gasteiger partial charge is 0.480 e. The van der Waals surface area contributed by atoms with Gasteiger partial charge in [-0.2, -0.15) is 0 Å². The Hall–Kier alpha value is -0.550. The monoisotopic (exact) mass is 182 g/mol. The van der Waals surface area contributed by atoms with Crippen molar-refractivity contribution in [2.75, 3.05) is 0 Å². The van der Waals surface area contributed by atoms with Gasteiger partial charge in [0.2, 0.25) is 0 Å². The van der Waals surface area contributed by atoms with E-state index in [9.17, 15) is 0 Å². The van der Waals surface area contributed by atoms with Crippen molar-refractivity contribution in [3.05, 3.63) is 29.3 Å². The highest BCUT2D eigenvalue weighted by molar-refractivity contribution is 7.10. The molecule has 0 radical (unpaired) electrons. The van der Waals surface area contributed by atoms with Crippen LogP contribution in [-0.2, 0) is 0 Å². The lowest BCUT2D eigenvalue weighted by molar-refractivity contribution is 0.623. The standard InChI is InChI=1S/C10H15OP/c1-7(2)9-5-4-8(3)6-10(9)11-12/h4-7H,12H2,1-3H3. The van der Waals surface area contributed by atoms with Crippen LogP contribution in [0, 0.1) is 6.92 Å². The summed E-state index contributed by atoms with van der Waals surface area (Å²) in [5.41, 5.74) is 2.49. The summed E-state index contributed by atoms with van der Waals surface area (Å²) in [6.07, 6.45) is 0. The third-order valence-corrected chi connectivity index (χ3v) is 2.17. The maximum absolute atomic E-state index is 5.20. The Morgan fingerprint density at radius 1 is 1.33 bits per heavy atom. The van der Waals surface area contributed by atoms with Gasteiger partial charge in [-0.3, -0.25) is 0 Å². The highest BCUT2D eigenvalue weighted by Gasteiger charge is 2.05. The van der Waals surface area contributed by atoms with E-state index in [0.717, 1.165) is 5.75 Å². The Balaban J connectivity index is 3.11. The van der Waals surface area contributed by atoms with Gasteiger partial charge in [-0.1, -0.05) is 26.0 Å². The first kappa shape index (κ1) is 9.54. The second kappa shape index (κ2) is 3.91. The van der Waals surface area contributed by atoms with Crippen molar-refractivity contribution < 1.29 is 4.52 Å². The summed E-state index contributed by atoms with van der Waals surface area (Å²) in [5.74, 6) is 1.48. The zero-order chi connectivity index (χ0) is 9.14. The molecule has 0 aliphatic rings. The van der Waals surface area contributed by atoms with Gasteiger partial charge >= 0.3 is 0 Å². The lowest BCUT2D eigenvalue weighted by Crippen LogP contribution is -1.91. The minimum Gasteiger partial charge on any atom is -0.480 e. The molecule has 1 rings (SSSR count). The van der Waals surface area contributed by atoms with Crippen molar-refractivity contribution >= 4 is 9.47 Å². The summed E-state index contributed by atoms with van der Waals surface area (Å²) in [6.45, 7) is 6.40. The third kappa shape index (κ3) is 1.98. The van der Waals surface area contributed by atoms with Gasteiger partial charge in [-0.25, -0.2) is 0 Å². The molecule has 2 heteroatoms. The minimum absolute atomic E-state index is 0.515. The van der Waals surface area contributed by atoms with E-state index in [2.05, 4.69) is 48.4 Å². The average molecular weight is 182 g/mol. The normalized spacial score (nSPS) is 10.4. The molecule has 0 aromatic heterocycles. The van der Waals surface area contributed by atoms with Crippen molar-refractivity contribution in [3.8, 4) is 5.75 Å². The van der Waals surface area contributed by atoms with E-state index in [4.69, 9.17) is 4.52 Å². The summed E-state index contributed by atoms with van der Waals surface area (Å²) >= 11 is 0. The molecule has 0 saturated heterocycles. The number of aryl methyl sites for hydroxylation is 1. The fourth-order valence-electron chi connectivity index (χ4n) is 1.22. The van der Waals surface area contributed by atoms with E-state index < -0.39 is 0 Å². The molecule has 0 aliphatic heterocycles. The third-order valence-electron chi connectivity index (χ3n) is 1.92. The highest BCUT2D eigenvalue weighted by atomic mass is 31.0. The van der Waals surface area contributed by atoms with Crippen molar-refractivity contribution in [2.45, 2.75) is 26.7 Å². The molecule has 0 heterocycles. The molecule has 0 amide bonds. The van der Waals surface area contributed by atoms with E-state index in [1.54, 1.807) is 0 Å². The Morgan fingerprint density at radius 2 is 2.00 bits per heavy atom. The molecule has 0 spiro atoms. The molecule has 66 valence electrons. The number of hydrogen-bond donors (Lipinski definition) is 0. The summed E-state index contributed by atoms with van der Waals surface area (Å²) in [4.78, 5) is 0. The van der Waals surface area contributed by atoms with Crippen molar-refractivity contribution in [2.24, 2.45) is 0 Å². The minimum atomic E-state index is 0.515. The first-order valence-corrected chi connectivity index (χ1v) is 4.59. The lowest BCUT2D eigenvalue weighted by Gasteiger charge is -2.11. The number of rotatable bonds is 2. The molecule has 1 unspecified atom stereocenters. The van der Waals surface area contributed by atoms with Gasteiger partial charge in [0.25, 0.3) is 0 Å². The molecule has 1 nitrogen and oxygen atoms in total. The van der Waals surface area contributed by atoms with Crippen LogP contribution in [0.5, 0.6) is 5.75 Å². The molecule has 0 N–H and O–H groups in total. The summed E-state index contributed by atoms with van der Waals surface area (Å²) in [7, 11) is 2.30. The van der Waals surface area contributed by atoms with Crippen LogP contribution in [0.4, 0.5) is 0 Å². The van der Waals surface area contributed by atoms with Crippen LogP contribution in [0.3, 0.4) is 0 Å². The first-order valence-electron chi connectivity index (χ1n) is 4.12. The molecular weight excluding hydrogens is 167 g/mol.